The maximum atomic E-state index is 12.3. The van der Waals surface area contributed by atoms with Gasteiger partial charge < -0.3 is 16.3 Å². The number of carbonyl (C=O) groups excluding carboxylic acids is 1. The highest BCUT2D eigenvalue weighted by Crippen LogP contribution is 2.19. The number of halogens is 1. The molecule has 0 aliphatic heterocycles. The molecule has 4 N–H and O–H groups in total. The highest BCUT2D eigenvalue weighted by atomic mass is 79.9. The molecule has 8 heteroatoms. The summed E-state index contributed by atoms with van der Waals surface area (Å²) in [6.45, 7) is 1.90. The Morgan fingerprint density at radius 3 is 2.86 bits per heavy atom. The second-order valence-corrected chi connectivity index (χ2v) is 5.29. The number of amides is 1. The van der Waals surface area contributed by atoms with Crippen molar-refractivity contribution in [1.82, 2.24) is 9.78 Å². The van der Waals surface area contributed by atoms with Gasteiger partial charge in [0.15, 0.2) is 5.84 Å². The van der Waals surface area contributed by atoms with Gasteiger partial charge in [-0.25, -0.2) is 0 Å². The van der Waals surface area contributed by atoms with Crippen LogP contribution in [-0.4, -0.2) is 26.7 Å². The number of hydrogen-bond acceptors (Lipinski definition) is 4. The molecule has 0 saturated carbocycles. The average Bonchev–Trinajstić information content (AvgIpc) is 2.82. The second-order valence-electron chi connectivity index (χ2n) is 4.43. The Hall–Kier alpha value is -2.35. The monoisotopic (exact) mass is 351 g/mol. The quantitative estimate of drug-likeness (QED) is 0.339. The maximum absolute atomic E-state index is 12.3. The number of carbonyl (C=O) groups is 1. The van der Waals surface area contributed by atoms with E-state index in [1.807, 2.05) is 6.92 Å². The van der Waals surface area contributed by atoms with Gasteiger partial charge in [0.2, 0.25) is 0 Å². The van der Waals surface area contributed by atoms with Crippen molar-refractivity contribution in [2.75, 3.05) is 5.32 Å². The molecule has 0 fully saturated rings. The third-order valence-electron chi connectivity index (χ3n) is 2.97. The first-order valence-corrected chi connectivity index (χ1v) is 6.80. The van der Waals surface area contributed by atoms with Crippen LogP contribution in [0, 0.1) is 6.92 Å². The van der Waals surface area contributed by atoms with E-state index in [2.05, 4.69) is 31.5 Å². The van der Waals surface area contributed by atoms with Crippen LogP contribution in [0.15, 0.2) is 34.0 Å². The van der Waals surface area contributed by atoms with Crippen LogP contribution in [0.1, 0.15) is 21.5 Å². The Morgan fingerprint density at radius 1 is 1.52 bits per heavy atom. The van der Waals surface area contributed by atoms with Gasteiger partial charge in [-0.05, 0) is 30.7 Å². The molecule has 0 atom stereocenters. The van der Waals surface area contributed by atoms with E-state index in [0.717, 1.165) is 10.0 Å². The average molecular weight is 352 g/mol. The molecule has 0 bridgehead atoms. The number of nitrogens with one attached hydrogen (secondary N) is 1. The molecule has 0 aliphatic rings. The van der Waals surface area contributed by atoms with E-state index in [4.69, 9.17) is 10.9 Å². The predicted octanol–water partition coefficient (Wildman–Crippen LogP) is 1.84. The number of benzene rings is 1. The zero-order chi connectivity index (χ0) is 15.6. The number of nitrogens with two attached hydrogens (primary N) is 1. The molecule has 21 heavy (non-hydrogen) atoms. The van der Waals surface area contributed by atoms with E-state index in [9.17, 15) is 4.79 Å². The fourth-order valence-corrected chi connectivity index (χ4v) is 2.04. The minimum atomic E-state index is -0.304. The Balaban J connectivity index is 2.31. The summed E-state index contributed by atoms with van der Waals surface area (Å²) in [7, 11) is 1.65. The molecular formula is C13H14BrN5O2. The Morgan fingerprint density at radius 2 is 2.24 bits per heavy atom. The Kier molecular flexibility index (Phi) is 4.27. The van der Waals surface area contributed by atoms with E-state index in [-0.39, 0.29) is 11.7 Å². The van der Waals surface area contributed by atoms with Crippen molar-refractivity contribution in [2.45, 2.75) is 6.92 Å². The number of amidine groups is 1. The number of oxime groups is 1. The van der Waals surface area contributed by atoms with Crippen LogP contribution in [0.2, 0.25) is 0 Å². The SMILES string of the molecule is Cc1cc(C(=O)Nc2c(/C(N)=N/O)cnn2C)ccc1Br. The van der Waals surface area contributed by atoms with E-state index in [0.29, 0.717) is 16.9 Å². The molecule has 1 aromatic carbocycles. The summed E-state index contributed by atoms with van der Waals surface area (Å²) >= 11 is 3.38. The second kappa shape index (κ2) is 5.96. The van der Waals surface area contributed by atoms with Crippen molar-refractivity contribution in [3.8, 4) is 0 Å². The van der Waals surface area contributed by atoms with Crippen LogP contribution >= 0.6 is 15.9 Å². The Bertz CT molecular complexity index is 723. The topological polar surface area (TPSA) is 106 Å². The van der Waals surface area contributed by atoms with Crippen LogP contribution in [-0.2, 0) is 7.05 Å². The van der Waals surface area contributed by atoms with Crippen LogP contribution < -0.4 is 11.1 Å². The summed E-state index contributed by atoms with van der Waals surface area (Å²) < 4.78 is 2.37. The number of aryl methyl sites for hydroxylation is 2. The molecule has 0 radical (unpaired) electrons. The first kappa shape index (κ1) is 15.0. The van der Waals surface area contributed by atoms with Gasteiger partial charge in [0.05, 0.1) is 11.8 Å². The van der Waals surface area contributed by atoms with E-state index in [1.165, 1.54) is 10.9 Å². The number of rotatable bonds is 3. The van der Waals surface area contributed by atoms with Gasteiger partial charge in [-0.3, -0.25) is 9.48 Å². The summed E-state index contributed by atoms with van der Waals surface area (Å²) in [6.07, 6.45) is 1.41. The predicted molar refractivity (Wildman–Crippen MR) is 82.6 cm³/mol. The number of anilines is 1. The van der Waals surface area contributed by atoms with Crippen LogP contribution in [0.25, 0.3) is 0 Å². The van der Waals surface area contributed by atoms with Crippen molar-refractivity contribution in [3.05, 3.63) is 45.6 Å². The minimum Gasteiger partial charge on any atom is -0.409 e. The lowest BCUT2D eigenvalue weighted by Gasteiger charge is -2.09. The lowest BCUT2D eigenvalue weighted by atomic mass is 10.1. The van der Waals surface area contributed by atoms with Crippen molar-refractivity contribution in [1.29, 1.82) is 0 Å². The highest BCUT2D eigenvalue weighted by Gasteiger charge is 2.16. The molecule has 2 aromatic rings. The maximum Gasteiger partial charge on any atom is 0.256 e. The normalized spacial score (nSPS) is 11.5. The van der Waals surface area contributed by atoms with Crippen molar-refractivity contribution in [2.24, 2.45) is 17.9 Å². The highest BCUT2D eigenvalue weighted by molar-refractivity contribution is 9.10. The molecule has 0 saturated heterocycles. The third-order valence-corrected chi connectivity index (χ3v) is 3.86. The first-order valence-electron chi connectivity index (χ1n) is 6.01. The zero-order valence-corrected chi connectivity index (χ0v) is 13.0. The molecule has 110 valence electrons. The molecule has 1 heterocycles. The van der Waals surface area contributed by atoms with Gasteiger partial charge in [0.25, 0.3) is 5.91 Å². The van der Waals surface area contributed by atoms with Crippen molar-refractivity contribution >= 4 is 33.5 Å². The van der Waals surface area contributed by atoms with Crippen molar-refractivity contribution < 1.29 is 10.0 Å². The van der Waals surface area contributed by atoms with Crippen LogP contribution in [0.4, 0.5) is 5.82 Å². The zero-order valence-electron chi connectivity index (χ0n) is 11.5. The van der Waals surface area contributed by atoms with Gasteiger partial charge in [-0.1, -0.05) is 21.1 Å². The first-order chi connectivity index (χ1) is 9.93. The molecular weight excluding hydrogens is 338 g/mol. The summed E-state index contributed by atoms with van der Waals surface area (Å²) in [4.78, 5) is 12.3. The molecule has 1 amide bonds. The lowest BCUT2D eigenvalue weighted by Crippen LogP contribution is -2.20. The summed E-state index contributed by atoms with van der Waals surface area (Å²) in [5.41, 5.74) is 7.36. The molecule has 0 aliphatic carbocycles. The van der Waals surface area contributed by atoms with Crippen LogP contribution in [0.3, 0.4) is 0 Å². The third kappa shape index (κ3) is 3.05. The fraction of sp³-hybridized carbons (Fsp3) is 0.154. The van der Waals surface area contributed by atoms with Gasteiger partial charge in [0.1, 0.15) is 5.82 Å². The molecule has 7 nitrogen and oxygen atoms in total. The van der Waals surface area contributed by atoms with E-state index >= 15 is 0 Å². The Labute approximate surface area is 129 Å². The van der Waals surface area contributed by atoms with E-state index in [1.54, 1.807) is 25.2 Å². The summed E-state index contributed by atoms with van der Waals surface area (Å²) in [5.74, 6) is -0.0672. The molecule has 0 spiro atoms. The van der Waals surface area contributed by atoms with Gasteiger partial charge >= 0.3 is 0 Å². The number of aromatic nitrogens is 2. The van der Waals surface area contributed by atoms with E-state index < -0.39 is 0 Å². The number of hydrogen-bond donors (Lipinski definition) is 3. The lowest BCUT2D eigenvalue weighted by molar-refractivity contribution is 0.102. The summed E-state index contributed by atoms with van der Waals surface area (Å²) in [5, 5.41) is 18.4. The summed E-state index contributed by atoms with van der Waals surface area (Å²) in [6, 6.07) is 5.27. The standard InChI is InChI=1S/C13H14BrN5O2/c1-7-5-8(3-4-10(7)14)13(20)17-12-9(11(15)18-21)6-16-19(12)2/h3-6,21H,1-2H3,(H2,15,18)(H,17,20). The number of nitrogens with zero attached hydrogens (tertiary/aromatic N) is 3. The van der Waals surface area contributed by atoms with Gasteiger partial charge in [-0.2, -0.15) is 5.10 Å². The molecule has 1 aromatic heterocycles. The van der Waals surface area contributed by atoms with Gasteiger partial charge in [0, 0.05) is 17.1 Å². The largest absolute Gasteiger partial charge is 0.409 e. The molecule has 2 rings (SSSR count). The van der Waals surface area contributed by atoms with Crippen LogP contribution in [0.5, 0.6) is 0 Å². The fourth-order valence-electron chi connectivity index (χ4n) is 1.79. The smallest absolute Gasteiger partial charge is 0.256 e. The minimum absolute atomic E-state index is 0.120. The van der Waals surface area contributed by atoms with Crippen molar-refractivity contribution in [3.63, 3.8) is 0 Å². The molecule has 0 unspecified atom stereocenters. The van der Waals surface area contributed by atoms with Gasteiger partial charge in [-0.15, -0.1) is 0 Å².